The lowest BCUT2D eigenvalue weighted by atomic mass is 10.1. The third-order valence-electron chi connectivity index (χ3n) is 1.67. The van der Waals surface area contributed by atoms with Gasteiger partial charge in [-0.05, 0) is 33.7 Å². The Morgan fingerprint density at radius 3 is 2.58 bits per heavy atom. The highest BCUT2D eigenvalue weighted by molar-refractivity contribution is 4.75. The molecule has 3 heteroatoms. The van der Waals surface area contributed by atoms with Gasteiger partial charge < -0.3 is 15.2 Å². The molecule has 0 heterocycles. The van der Waals surface area contributed by atoms with Crippen molar-refractivity contribution in [3.63, 3.8) is 0 Å². The molecule has 0 spiro atoms. The van der Waals surface area contributed by atoms with Crippen LogP contribution in [0.1, 0.15) is 27.2 Å². The van der Waals surface area contributed by atoms with Crippen molar-refractivity contribution in [1.82, 2.24) is 5.32 Å². The van der Waals surface area contributed by atoms with Crippen molar-refractivity contribution in [2.45, 2.75) is 32.7 Å². The van der Waals surface area contributed by atoms with Gasteiger partial charge in [0.2, 0.25) is 0 Å². The van der Waals surface area contributed by atoms with E-state index >= 15 is 0 Å². The predicted octanol–water partition coefficient (Wildman–Crippen LogP) is 0.774. The van der Waals surface area contributed by atoms with Gasteiger partial charge in [0, 0.05) is 18.8 Å². The van der Waals surface area contributed by atoms with Crippen molar-refractivity contribution >= 4 is 0 Å². The Labute approximate surface area is 75.1 Å². The van der Waals surface area contributed by atoms with Crippen molar-refractivity contribution in [3.8, 4) is 0 Å². The second-order valence-electron chi connectivity index (χ2n) is 3.52. The van der Waals surface area contributed by atoms with Gasteiger partial charge in [0.15, 0.2) is 0 Å². The predicted molar refractivity (Wildman–Crippen MR) is 50.3 cm³/mol. The fourth-order valence-electron chi connectivity index (χ4n) is 0.801. The quantitative estimate of drug-likeness (QED) is 0.562. The monoisotopic (exact) mass is 175 g/mol. The highest BCUT2D eigenvalue weighted by Crippen LogP contribution is 1.98. The fraction of sp³-hybridized carbons (Fsp3) is 1.00. The van der Waals surface area contributed by atoms with E-state index in [1.807, 2.05) is 20.8 Å². The van der Waals surface area contributed by atoms with E-state index in [1.165, 1.54) is 0 Å². The van der Waals surface area contributed by atoms with Gasteiger partial charge >= 0.3 is 0 Å². The first kappa shape index (κ1) is 11.9. The highest BCUT2D eigenvalue weighted by atomic mass is 16.5. The molecule has 0 fully saturated rings. The van der Waals surface area contributed by atoms with Crippen molar-refractivity contribution < 1.29 is 9.84 Å². The van der Waals surface area contributed by atoms with Gasteiger partial charge in [-0.2, -0.15) is 0 Å². The lowest BCUT2D eigenvalue weighted by Crippen LogP contribution is -2.43. The van der Waals surface area contributed by atoms with Crippen LogP contribution in [0.15, 0.2) is 0 Å². The van der Waals surface area contributed by atoms with Crippen molar-refractivity contribution in [3.05, 3.63) is 0 Å². The molecule has 0 aromatic heterocycles. The molecule has 74 valence electrons. The summed E-state index contributed by atoms with van der Waals surface area (Å²) in [5, 5.41) is 12.1. The number of ether oxygens (including phenoxy) is 1. The average Bonchev–Trinajstić information content (AvgIpc) is 2.04. The summed E-state index contributed by atoms with van der Waals surface area (Å²) in [6.07, 6.45) is 0.997. The van der Waals surface area contributed by atoms with Gasteiger partial charge in [-0.3, -0.25) is 0 Å². The fourth-order valence-corrected chi connectivity index (χ4v) is 0.801. The molecule has 0 saturated heterocycles. The molecule has 3 nitrogen and oxygen atoms in total. The van der Waals surface area contributed by atoms with E-state index in [1.54, 1.807) is 0 Å². The van der Waals surface area contributed by atoms with E-state index in [4.69, 9.17) is 9.84 Å². The zero-order chi connectivity index (χ0) is 9.45. The van der Waals surface area contributed by atoms with Crippen LogP contribution in [0.25, 0.3) is 0 Å². The van der Waals surface area contributed by atoms with Crippen LogP contribution in [-0.4, -0.2) is 37.0 Å². The van der Waals surface area contributed by atoms with Crippen LogP contribution in [-0.2, 0) is 4.74 Å². The molecule has 0 amide bonds. The number of nitrogens with one attached hydrogen (secondary N) is 1. The minimum Gasteiger partial charge on any atom is -0.394 e. The van der Waals surface area contributed by atoms with E-state index in [0.29, 0.717) is 0 Å². The average molecular weight is 175 g/mol. The molecule has 0 bridgehead atoms. The number of rotatable bonds is 7. The first-order valence-corrected chi connectivity index (χ1v) is 4.56. The van der Waals surface area contributed by atoms with Crippen LogP contribution in [0.2, 0.25) is 0 Å². The van der Waals surface area contributed by atoms with Gasteiger partial charge in [0.1, 0.15) is 0 Å². The standard InChI is InChI=1S/C9H21NO2/c1-4-12-7-5-6-10-9(2,3)8-11/h10-11H,4-8H2,1-3H3. The van der Waals surface area contributed by atoms with Gasteiger partial charge in [0.25, 0.3) is 0 Å². The number of hydrogen-bond donors (Lipinski definition) is 2. The summed E-state index contributed by atoms with van der Waals surface area (Å²) < 4.78 is 5.18. The Morgan fingerprint density at radius 2 is 2.08 bits per heavy atom. The smallest absolute Gasteiger partial charge is 0.0607 e. The summed E-state index contributed by atoms with van der Waals surface area (Å²) in [5.74, 6) is 0. The first-order chi connectivity index (χ1) is 5.62. The molecule has 0 aliphatic heterocycles. The maximum absolute atomic E-state index is 8.90. The molecule has 0 unspecified atom stereocenters. The normalized spacial score (nSPS) is 12.0. The van der Waals surface area contributed by atoms with E-state index in [-0.39, 0.29) is 12.1 Å². The van der Waals surface area contributed by atoms with Gasteiger partial charge in [-0.25, -0.2) is 0 Å². The molecule has 0 aromatic carbocycles. The summed E-state index contributed by atoms with van der Waals surface area (Å²) in [6.45, 7) is 8.59. The molecule has 2 N–H and O–H groups in total. The van der Waals surface area contributed by atoms with Gasteiger partial charge in [-0.15, -0.1) is 0 Å². The molecule has 0 saturated carbocycles. The van der Waals surface area contributed by atoms with E-state index in [9.17, 15) is 0 Å². The SMILES string of the molecule is CCOCCCNC(C)(C)CO. The summed E-state index contributed by atoms with van der Waals surface area (Å²) in [6, 6.07) is 0. The third kappa shape index (κ3) is 6.58. The molecule has 0 atom stereocenters. The maximum Gasteiger partial charge on any atom is 0.0607 e. The molecule has 0 aromatic rings. The maximum atomic E-state index is 8.90. The lowest BCUT2D eigenvalue weighted by Gasteiger charge is -2.23. The van der Waals surface area contributed by atoms with Crippen LogP contribution in [0, 0.1) is 0 Å². The van der Waals surface area contributed by atoms with Crippen LogP contribution in [0.3, 0.4) is 0 Å². The Kier molecular flexibility index (Phi) is 6.34. The largest absolute Gasteiger partial charge is 0.394 e. The number of aliphatic hydroxyl groups is 1. The minimum absolute atomic E-state index is 0.161. The molecule has 0 rings (SSSR count). The van der Waals surface area contributed by atoms with Gasteiger partial charge in [-0.1, -0.05) is 0 Å². The molecular weight excluding hydrogens is 154 g/mol. The lowest BCUT2D eigenvalue weighted by molar-refractivity contribution is 0.137. The number of aliphatic hydroxyl groups excluding tert-OH is 1. The van der Waals surface area contributed by atoms with Crippen LogP contribution in [0.5, 0.6) is 0 Å². The summed E-state index contributed by atoms with van der Waals surface area (Å²) in [4.78, 5) is 0. The molecule has 0 radical (unpaired) electrons. The highest BCUT2D eigenvalue weighted by Gasteiger charge is 2.13. The van der Waals surface area contributed by atoms with Crippen molar-refractivity contribution in [2.75, 3.05) is 26.4 Å². The van der Waals surface area contributed by atoms with Crippen molar-refractivity contribution in [2.24, 2.45) is 0 Å². The second-order valence-corrected chi connectivity index (χ2v) is 3.52. The van der Waals surface area contributed by atoms with E-state index in [0.717, 1.165) is 26.2 Å². The number of hydrogen-bond acceptors (Lipinski definition) is 3. The van der Waals surface area contributed by atoms with Gasteiger partial charge in [0.05, 0.1) is 6.61 Å². The van der Waals surface area contributed by atoms with E-state index < -0.39 is 0 Å². The van der Waals surface area contributed by atoms with Crippen LogP contribution in [0.4, 0.5) is 0 Å². The Morgan fingerprint density at radius 1 is 1.42 bits per heavy atom. The van der Waals surface area contributed by atoms with Crippen LogP contribution < -0.4 is 5.32 Å². The Bertz CT molecular complexity index is 105. The second kappa shape index (κ2) is 6.40. The topological polar surface area (TPSA) is 41.5 Å². The zero-order valence-corrected chi connectivity index (χ0v) is 8.39. The molecule has 0 aliphatic carbocycles. The van der Waals surface area contributed by atoms with Crippen LogP contribution >= 0.6 is 0 Å². The Hall–Kier alpha value is -0.120. The Balaban J connectivity index is 3.19. The molecule has 12 heavy (non-hydrogen) atoms. The summed E-state index contributed by atoms with van der Waals surface area (Å²) in [7, 11) is 0. The molecular formula is C9H21NO2. The summed E-state index contributed by atoms with van der Waals surface area (Å²) in [5.41, 5.74) is -0.161. The van der Waals surface area contributed by atoms with Crippen molar-refractivity contribution in [1.29, 1.82) is 0 Å². The zero-order valence-electron chi connectivity index (χ0n) is 8.39. The molecule has 0 aliphatic rings. The minimum atomic E-state index is -0.161. The summed E-state index contributed by atoms with van der Waals surface area (Å²) >= 11 is 0. The van der Waals surface area contributed by atoms with E-state index in [2.05, 4.69) is 5.32 Å². The third-order valence-corrected chi connectivity index (χ3v) is 1.67. The first-order valence-electron chi connectivity index (χ1n) is 4.56.